The molecule has 4 heteroatoms. The maximum atomic E-state index is 6.02. The highest BCUT2D eigenvalue weighted by atomic mass is 79.9. The van der Waals surface area contributed by atoms with Crippen LogP contribution in [0.15, 0.2) is 9.85 Å². The van der Waals surface area contributed by atoms with E-state index in [1.54, 1.807) is 11.3 Å². The average Bonchev–Trinajstić information content (AvgIpc) is 2.93. The number of rotatable bonds is 3. The number of hydrogen-bond donors (Lipinski definition) is 0. The molecule has 0 radical (unpaired) electrons. The molecular weight excluding hydrogens is 347 g/mol. The molecule has 1 aromatic rings. The first-order valence-electron chi connectivity index (χ1n) is 4.68. The number of thiophene rings is 1. The van der Waals surface area contributed by atoms with Gasteiger partial charge in [-0.15, -0.1) is 11.3 Å². The summed E-state index contributed by atoms with van der Waals surface area (Å²) in [7, 11) is 0. The Labute approximate surface area is 110 Å². The highest BCUT2D eigenvalue weighted by Gasteiger charge is 2.33. The zero-order valence-corrected chi connectivity index (χ0v) is 12.5. The van der Waals surface area contributed by atoms with Crippen molar-refractivity contribution in [3.8, 4) is 0 Å². The Kier molecular flexibility index (Phi) is 3.63. The van der Waals surface area contributed by atoms with E-state index in [1.807, 2.05) is 0 Å². The Morgan fingerprint density at radius 1 is 1.57 bits per heavy atom. The van der Waals surface area contributed by atoms with E-state index >= 15 is 0 Å². The molecule has 14 heavy (non-hydrogen) atoms. The van der Waals surface area contributed by atoms with Crippen LogP contribution in [0.25, 0.3) is 0 Å². The summed E-state index contributed by atoms with van der Waals surface area (Å²) in [6, 6.07) is 2.06. The molecule has 1 aliphatic rings. The Morgan fingerprint density at radius 2 is 2.21 bits per heavy atom. The van der Waals surface area contributed by atoms with Crippen molar-refractivity contribution in [2.75, 3.05) is 0 Å². The highest BCUT2D eigenvalue weighted by Crippen LogP contribution is 2.49. The van der Waals surface area contributed by atoms with Crippen LogP contribution in [0.2, 0.25) is 5.02 Å². The molecule has 0 bridgehead atoms. The Bertz CT molecular complexity index is 313. The average molecular weight is 359 g/mol. The molecule has 1 fully saturated rings. The van der Waals surface area contributed by atoms with Gasteiger partial charge >= 0.3 is 0 Å². The van der Waals surface area contributed by atoms with E-state index in [2.05, 4.69) is 44.8 Å². The van der Waals surface area contributed by atoms with Crippen LogP contribution < -0.4 is 0 Å². The second-order valence-corrected chi connectivity index (χ2v) is 7.66. The molecule has 2 unspecified atom stereocenters. The fourth-order valence-electron chi connectivity index (χ4n) is 1.62. The fourth-order valence-corrected chi connectivity index (χ4v) is 4.30. The van der Waals surface area contributed by atoms with Crippen molar-refractivity contribution in [1.82, 2.24) is 0 Å². The Balaban J connectivity index is 2.13. The highest BCUT2D eigenvalue weighted by molar-refractivity contribution is 9.11. The lowest BCUT2D eigenvalue weighted by atomic mass is 10.0. The van der Waals surface area contributed by atoms with Gasteiger partial charge < -0.3 is 0 Å². The van der Waals surface area contributed by atoms with Gasteiger partial charge in [-0.25, -0.2) is 0 Å². The van der Waals surface area contributed by atoms with Crippen molar-refractivity contribution in [3.63, 3.8) is 0 Å². The van der Waals surface area contributed by atoms with Crippen molar-refractivity contribution in [3.05, 3.63) is 19.8 Å². The zero-order chi connectivity index (χ0) is 10.3. The van der Waals surface area contributed by atoms with Crippen LogP contribution in [0.1, 0.15) is 29.5 Å². The van der Waals surface area contributed by atoms with E-state index in [0.29, 0.717) is 4.83 Å². The molecule has 2 rings (SSSR count). The van der Waals surface area contributed by atoms with E-state index in [4.69, 9.17) is 11.6 Å². The van der Waals surface area contributed by atoms with Gasteiger partial charge in [0.15, 0.2) is 0 Å². The third-order valence-corrected chi connectivity index (χ3v) is 6.95. The van der Waals surface area contributed by atoms with E-state index in [-0.39, 0.29) is 0 Å². The first-order chi connectivity index (χ1) is 6.59. The third kappa shape index (κ3) is 2.37. The van der Waals surface area contributed by atoms with Gasteiger partial charge in [0.2, 0.25) is 0 Å². The second-order valence-electron chi connectivity index (χ2n) is 3.87. The van der Waals surface area contributed by atoms with Crippen molar-refractivity contribution < 1.29 is 0 Å². The van der Waals surface area contributed by atoms with Crippen LogP contribution in [0.5, 0.6) is 0 Å². The zero-order valence-electron chi connectivity index (χ0n) is 7.77. The van der Waals surface area contributed by atoms with Gasteiger partial charge in [0.1, 0.15) is 0 Å². The van der Waals surface area contributed by atoms with Crippen LogP contribution in [0, 0.1) is 11.8 Å². The quantitative estimate of drug-likeness (QED) is 0.613. The maximum Gasteiger partial charge on any atom is 0.0887 e. The predicted octanol–water partition coefficient (Wildman–Crippen LogP) is 5.65. The van der Waals surface area contributed by atoms with Crippen LogP contribution in [0.3, 0.4) is 0 Å². The molecule has 2 atom stereocenters. The first kappa shape index (κ1) is 11.4. The lowest BCUT2D eigenvalue weighted by Crippen LogP contribution is -2.03. The van der Waals surface area contributed by atoms with Gasteiger partial charge in [-0.05, 0) is 46.7 Å². The molecule has 0 amide bonds. The minimum atomic E-state index is 0.462. The summed E-state index contributed by atoms with van der Waals surface area (Å²) < 4.78 is 1.04. The lowest BCUT2D eigenvalue weighted by molar-refractivity contribution is 0.507. The molecule has 0 N–H and O–H groups in total. The van der Waals surface area contributed by atoms with Crippen LogP contribution in [-0.4, -0.2) is 0 Å². The minimum Gasteiger partial charge on any atom is -0.130 e. The van der Waals surface area contributed by atoms with Crippen LogP contribution in [-0.2, 0) is 0 Å². The summed E-state index contributed by atoms with van der Waals surface area (Å²) in [5, 5.41) is 0.831. The van der Waals surface area contributed by atoms with Crippen LogP contribution in [0.4, 0.5) is 0 Å². The molecule has 1 saturated carbocycles. The predicted molar refractivity (Wildman–Crippen MR) is 70.6 cm³/mol. The van der Waals surface area contributed by atoms with Gasteiger partial charge in [-0.2, -0.15) is 0 Å². The number of hydrogen-bond acceptors (Lipinski definition) is 1. The molecular formula is C10H11Br2ClS. The van der Waals surface area contributed by atoms with E-state index in [9.17, 15) is 0 Å². The number of halogens is 3. The molecule has 0 saturated heterocycles. The van der Waals surface area contributed by atoms with Gasteiger partial charge in [0, 0.05) is 4.88 Å². The second kappa shape index (κ2) is 4.44. The van der Waals surface area contributed by atoms with E-state index < -0.39 is 0 Å². The molecule has 1 aromatic heterocycles. The maximum absolute atomic E-state index is 6.02. The van der Waals surface area contributed by atoms with Gasteiger partial charge in [-0.3, -0.25) is 0 Å². The Morgan fingerprint density at radius 3 is 2.64 bits per heavy atom. The standard InChI is InChI=1S/C10H11Br2ClS/c1-5(6-2-3-6)9(11)8-4-7(13)10(12)14-8/h4-6,9H,2-3H2,1H3. The number of alkyl halides is 1. The molecule has 0 aliphatic heterocycles. The molecule has 0 aromatic carbocycles. The van der Waals surface area contributed by atoms with Gasteiger partial charge in [0.05, 0.1) is 13.6 Å². The van der Waals surface area contributed by atoms with Gasteiger partial charge in [-0.1, -0.05) is 34.5 Å². The lowest BCUT2D eigenvalue weighted by Gasteiger charge is -2.15. The van der Waals surface area contributed by atoms with Crippen LogP contribution >= 0.6 is 54.8 Å². The smallest absolute Gasteiger partial charge is 0.0887 e. The van der Waals surface area contributed by atoms with E-state index in [0.717, 1.165) is 20.6 Å². The van der Waals surface area contributed by atoms with Crippen molar-refractivity contribution in [1.29, 1.82) is 0 Å². The molecule has 1 heterocycles. The molecule has 0 nitrogen and oxygen atoms in total. The molecule has 78 valence electrons. The largest absolute Gasteiger partial charge is 0.130 e. The van der Waals surface area contributed by atoms with Crippen molar-refractivity contribution >= 4 is 54.8 Å². The SMILES string of the molecule is CC(C1CC1)C(Br)c1cc(Cl)c(Br)s1. The Hall–Kier alpha value is 0.950. The summed E-state index contributed by atoms with van der Waals surface area (Å²) in [4.78, 5) is 1.80. The summed E-state index contributed by atoms with van der Waals surface area (Å²) in [6.45, 7) is 2.32. The summed E-state index contributed by atoms with van der Waals surface area (Å²) in [5.41, 5.74) is 0. The first-order valence-corrected chi connectivity index (χ1v) is 7.58. The molecule has 0 spiro atoms. The normalized spacial score (nSPS) is 20.9. The topological polar surface area (TPSA) is 0 Å². The van der Waals surface area contributed by atoms with E-state index in [1.165, 1.54) is 17.7 Å². The summed E-state index contributed by atoms with van der Waals surface area (Å²) >= 11 is 15.0. The summed E-state index contributed by atoms with van der Waals surface area (Å²) in [6.07, 6.45) is 2.78. The van der Waals surface area contributed by atoms with Crippen molar-refractivity contribution in [2.24, 2.45) is 11.8 Å². The summed E-state index contributed by atoms with van der Waals surface area (Å²) in [5.74, 6) is 1.63. The van der Waals surface area contributed by atoms with Gasteiger partial charge in [0.25, 0.3) is 0 Å². The monoisotopic (exact) mass is 356 g/mol. The minimum absolute atomic E-state index is 0.462. The third-order valence-electron chi connectivity index (χ3n) is 2.76. The van der Waals surface area contributed by atoms with Crippen molar-refractivity contribution in [2.45, 2.75) is 24.6 Å². The molecule has 1 aliphatic carbocycles. The fraction of sp³-hybridized carbons (Fsp3) is 0.600.